The molecule has 1 aromatic carbocycles. The Morgan fingerprint density at radius 1 is 1.21 bits per heavy atom. The smallest absolute Gasteiger partial charge is 0.225 e. The Hall–Kier alpha value is -1.35. The fourth-order valence-electron chi connectivity index (χ4n) is 2.04. The van der Waals surface area contributed by atoms with Crippen molar-refractivity contribution >= 4 is 5.91 Å². The lowest BCUT2D eigenvalue weighted by atomic mass is 9.96. The van der Waals surface area contributed by atoms with Gasteiger partial charge in [0.15, 0.2) is 0 Å². The standard InChI is InChI=1S/C16H26N2O/c1-5-18(16(19)13(4)12(2)3)11-15-9-7-6-8-14(15)10-17/h6-9,12-13H,5,10-11,17H2,1-4H3. The summed E-state index contributed by atoms with van der Waals surface area (Å²) < 4.78 is 0. The zero-order chi connectivity index (χ0) is 14.4. The van der Waals surface area contributed by atoms with Crippen LogP contribution in [0.2, 0.25) is 0 Å². The van der Waals surface area contributed by atoms with E-state index in [1.54, 1.807) is 0 Å². The van der Waals surface area contributed by atoms with Crippen LogP contribution in [0, 0.1) is 11.8 Å². The summed E-state index contributed by atoms with van der Waals surface area (Å²) in [7, 11) is 0. The van der Waals surface area contributed by atoms with Gasteiger partial charge < -0.3 is 10.6 Å². The van der Waals surface area contributed by atoms with Gasteiger partial charge in [0.1, 0.15) is 0 Å². The van der Waals surface area contributed by atoms with E-state index in [2.05, 4.69) is 19.9 Å². The lowest BCUT2D eigenvalue weighted by Gasteiger charge is -2.27. The molecule has 0 fully saturated rings. The monoisotopic (exact) mass is 262 g/mol. The highest BCUT2D eigenvalue weighted by Crippen LogP contribution is 2.17. The Bertz CT molecular complexity index is 415. The Balaban J connectivity index is 2.85. The average molecular weight is 262 g/mol. The van der Waals surface area contributed by atoms with Gasteiger partial charge in [0.2, 0.25) is 5.91 Å². The first-order chi connectivity index (χ1) is 9.01. The number of nitrogens with zero attached hydrogens (tertiary/aromatic N) is 1. The minimum Gasteiger partial charge on any atom is -0.338 e. The Labute approximate surface area is 116 Å². The number of rotatable bonds is 6. The van der Waals surface area contributed by atoms with Crippen LogP contribution in [0.3, 0.4) is 0 Å². The molecule has 0 aromatic heterocycles. The predicted octanol–water partition coefficient (Wildman–Crippen LogP) is 2.79. The molecule has 2 N–H and O–H groups in total. The quantitative estimate of drug-likeness (QED) is 0.857. The molecule has 19 heavy (non-hydrogen) atoms. The van der Waals surface area contributed by atoms with Crippen molar-refractivity contribution in [3.05, 3.63) is 35.4 Å². The zero-order valence-electron chi connectivity index (χ0n) is 12.5. The number of hydrogen-bond donors (Lipinski definition) is 1. The highest BCUT2D eigenvalue weighted by molar-refractivity contribution is 5.78. The molecule has 0 bridgehead atoms. The second-order valence-electron chi connectivity index (χ2n) is 5.36. The third-order valence-corrected chi connectivity index (χ3v) is 3.78. The zero-order valence-corrected chi connectivity index (χ0v) is 12.5. The predicted molar refractivity (Wildman–Crippen MR) is 79.4 cm³/mol. The number of carbonyl (C=O) groups excluding carboxylic acids is 1. The maximum atomic E-state index is 12.4. The maximum Gasteiger partial charge on any atom is 0.225 e. The van der Waals surface area contributed by atoms with Crippen molar-refractivity contribution < 1.29 is 4.79 Å². The molecule has 1 amide bonds. The van der Waals surface area contributed by atoms with E-state index in [4.69, 9.17) is 5.73 Å². The molecule has 3 nitrogen and oxygen atoms in total. The Morgan fingerprint density at radius 3 is 2.26 bits per heavy atom. The van der Waals surface area contributed by atoms with Crippen molar-refractivity contribution in [2.45, 2.75) is 40.8 Å². The van der Waals surface area contributed by atoms with Crippen LogP contribution < -0.4 is 5.73 Å². The molecule has 0 saturated heterocycles. The molecule has 1 rings (SSSR count). The number of amides is 1. The summed E-state index contributed by atoms with van der Waals surface area (Å²) in [5.74, 6) is 0.653. The van der Waals surface area contributed by atoms with Gasteiger partial charge in [-0.25, -0.2) is 0 Å². The highest BCUT2D eigenvalue weighted by atomic mass is 16.2. The lowest BCUT2D eigenvalue weighted by Crippen LogP contribution is -2.36. The van der Waals surface area contributed by atoms with E-state index in [0.717, 1.165) is 17.7 Å². The maximum absolute atomic E-state index is 12.4. The fourth-order valence-corrected chi connectivity index (χ4v) is 2.04. The number of hydrogen-bond acceptors (Lipinski definition) is 2. The van der Waals surface area contributed by atoms with Crippen LogP contribution in [0.1, 0.15) is 38.8 Å². The third-order valence-electron chi connectivity index (χ3n) is 3.78. The molecule has 1 atom stereocenters. The minimum absolute atomic E-state index is 0.0602. The van der Waals surface area contributed by atoms with E-state index in [0.29, 0.717) is 19.0 Å². The van der Waals surface area contributed by atoms with Crippen molar-refractivity contribution in [2.75, 3.05) is 6.54 Å². The number of carbonyl (C=O) groups is 1. The first kappa shape index (κ1) is 15.7. The lowest BCUT2D eigenvalue weighted by molar-refractivity contribution is -0.136. The van der Waals surface area contributed by atoms with E-state index in [1.807, 2.05) is 36.9 Å². The molecule has 3 heteroatoms. The summed E-state index contributed by atoms with van der Waals surface area (Å²) in [5, 5.41) is 0. The molecule has 0 aliphatic carbocycles. The fraction of sp³-hybridized carbons (Fsp3) is 0.562. The second-order valence-corrected chi connectivity index (χ2v) is 5.36. The summed E-state index contributed by atoms with van der Waals surface area (Å²) in [5.41, 5.74) is 8.01. The molecule has 0 aliphatic rings. The number of benzene rings is 1. The largest absolute Gasteiger partial charge is 0.338 e. The summed E-state index contributed by atoms with van der Waals surface area (Å²) in [6.07, 6.45) is 0. The Morgan fingerprint density at radius 2 is 1.79 bits per heavy atom. The molecule has 1 unspecified atom stereocenters. The molecule has 0 spiro atoms. The van der Waals surface area contributed by atoms with Gasteiger partial charge in [0.25, 0.3) is 0 Å². The van der Waals surface area contributed by atoms with Crippen molar-refractivity contribution in [3.63, 3.8) is 0 Å². The van der Waals surface area contributed by atoms with Gasteiger partial charge in [-0.1, -0.05) is 45.0 Å². The van der Waals surface area contributed by atoms with Crippen molar-refractivity contribution in [1.82, 2.24) is 4.90 Å². The van der Waals surface area contributed by atoms with E-state index >= 15 is 0 Å². The summed E-state index contributed by atoms with van der Waals surface area (Å²) >= 11 is 0. The van der Waals surface area contributed by atoms with Gasteiger partial charge in [-0.15, -0.1) is 0 Å². The van der Waals surface area contributed by atoms with Crippen molar-refractivity contribution in [1.29, 1.82) is 0 Å². The van der Waals surface area contributed by atoms with Gasteiger partial charge in [-0.2, -0.15) is 0 Å². The first-order valence-electron chi connectivity index (χ1n) is 7.06. The van der Waals surface area contributed by atoms with E-state index < -0.39 is 0 Å². The van der Waals surface area contributed by atoms with Gasteiger partial charge in [0.05, 0.1) is 0 Å². The molecule has 0 radical (unpaired) electrons. The van der Waals surface area contributed by atoms with Gasteiger partial charge in [-0.3, -0.25) is 4.79 Å². The average Bonchev–Trinajstić information content (AvgIpc) is 2.43. The molecule has 106 valence electrons. The summed E-state index contributed by atoms with van der Waals surface area (Å²) in [6.45, 7) is 10.1. The first-order valence-corrected chi connectivity index (χ1v) is 7.06. The van der Waals surface area contributed by atoms with Gasteiger partial charge in [-0.05, 0) is 24.0 Å². The normalized spacial score (nSPS) is 12.5. The van der Waals surface area contributed by atoms with Crippen LogP contribution >= 0.6 is 0 Å². The third kappa shape index (κ3) is 4.06. The molecule has 1 aromatic rings. The van der Waals surface area contributed by atoms with Crippen LogP contribution in [-0.2, 0) is 17.9 Å². The topological polar surface area (TPSA) is 46.3 Å². The summed E-state index contributed by atoms with van der Waals surface area (Å²) in [4.78, 5) is 14.3. The van der Waals surface area contributed by atoms with Crippen LogP contribution in [-0.4, -0.2) is 17.4 Å². The number of nitrogens with two attached hydrogens (primary N) is 1. The Kier molecular flexibility index (Phi) is 6.03. The SMILES string of the molecule is CCN(Cc1ccccc1CN)C(=O)C(C)C(C)C. The van der Waals surface area contributed by atoms with E-state index in [-0.39, 0.29) is 11.8 Å². The van der Waals surface area contributed by atoms with Gasteiger partial charge in [0, 0.05) is 25.6 Å². The van der Waals surface area contributed by atoms with Crippen LogP contribution in [0.15, 0.2) is 24.3 Å². The molecule has 0 heterocycles. The minimum atomic E-state index is 0.0602. The summed E-state index contributed by atoms with van der Waals surface area (Å²) in [6, 6.07) is 8.07. The second kappa shape index (κ2) is 7.29. The van der Waals surface area contributed by atoms with Crippen LogP contribution in [0.4, 0.5) is 0 Å². The van der Waals surface area contributed by atoms with Gasteiger partial charge >= 0.3 is 0 Å². The van der Waals surface area contributed by atoms with Crippen molar-refractivity contribution in [3.8, 4) is 0 Å². The molecule has 0 saturated carbocycles. The van der Waals surface area contributed by atoms with Crippen LogP contribution in [0.25, 0.3) is 0 Å². The molecular formula is C16H26N2O. The van der Waals surface area contributed by atoms with E-state index in [1.165, 1.54) is 0 Å². The van der Waals surface area contributed by atoms with E-state index in [9.17, 15) is 4.79 Å². The molecular weight excluding hydrogens is 236 g/mol. The van der Waals surface area contributed by atoms with Crippen molar-refractivity contribution in [2.24, 2.45) is 17.6 Å². The highest BCUT2D eigenvalue weighted by Gasteiger charge is 2.22. The van der Waals surface area contributed by atoms with Crippen LogP contribution in [0.5, 0.6) is 0 Å². The molecule has 0 aliphatic heterocycles.